The lowest BCUT2D eigenvalue weighted by Gasteiger charge is -2.38. The number of hydrogen-bond donors (Lipinski definition) is 2. The van der Waals surface area contributed by atoms with Crippen LogP contribution in [0.5, 0.6) is 11.5 Å². The number of nitrogens with one attached hydrogen (secondary N) is 1. The van der Waals surface area contributed by atoms with Crippen LogP contribution in [0.1, 0.15) is 27.7 Å². The number of nitrogens with zero attached hydrogens (tertiary/aromatic N) is 2. The van der Waals surface area contributed by atoms with Crippen molar-refractivity contribution in [1.82, 2.24) is 4.90 Å². The van der Waals surface area contributed by atoms with Crippen molar-refractivity contribution in [1.29, 1.82) is 0 Å². The quantitative estimate of drug-likeness (QED) is 0.460. The summed E-state index contributed by atoms with van der Waals surface area (Å²) in [6, 6.07) is 19.7. The van der Waals surface area contributed by atoms with Gasteiger partial charge in [-0.15, -0.1) is 0 Å². The number of benzene rings is 3. The van der Waals surface area contributed by atoms with Crippen LogP contribution in [0, 0.1) is 10.1 Å². The second-order valence-corrected chi connectivity index (χ2v) is 7.17. The van der Waals surface area contributed by atoms with E-state index in [2.05, 4.69) is 5.32 Å². The minimum Gasteiger partial charge on any atom is -0.500 e. The third-order valence-electron chi connectivity index (χ3n) is 5.32. The van der Waals surface area contributed by atoms with Gasteiger partial charge in [0.1, 0.15) is 6.17 Å². The minimum atomic E-state index is -0.672. The van der Waals surface area contributed by atoms with Crippen LogP contribution in [0.15, 0.2) is 66.7 Å². The van der Waals surface area contributed by atoms with Crippen molar-refractivity contribution >= 4 is 17.3 Å². The molecule has 158 valence electrons. The largest absolute Gasteiger partial charge is 0.500 e. The first kappa shape index (κ1) is 20.2. The third-order valence-corrected chi connectivity index (χ3v) is 5.32. The first-order valence-corrected chi connectivity index (χ1v) is 9.75. The molecule has 0 spiro atoms. The van der Waals surface area contributed by atoms with Crippen molar-refractivity contribution < 1.29 is 19.6 Å². The van der Waals surface area contributed by atoms with Crippen molar-refractivity contribution in [2.75, 3.05) is 19.0 Å². The lowest BCUT2D eigenvalue weighted by Crippen LogP contribution is -2.44. The zero-order chi connectivity index (χ0) is 22.0. The van der Waals surface area contributed by atoms with Crippen molar-refractivity contribution in [2.24, 2.45) is 0 Å². The summed E-state index contributed by atoms with van der Waals surface area (Å²) in [7, 11) is 1.32. The Bertz CT molecular complexity index is 1130. The molecule has 0 saturated heterocycles. The number of nitro benzene ring substituents is 1. The first-order valence-electron chi connectivity index (χ1n) is 9.75. The molecule has 3 aromatic rings. The molecule has 8 heteroatoms. The molecular formula is C23H21N3O5. The van der Waals surface area contributed by atoms with Gasteiger partial charge in [0.2, 0.25) is 5.75 Å². The van der Waals surface area contributed by atoms with Crippen LogP contribution < -0.4 is 10.1 Å². The molecule has 0 saturated carbocycles. The zero-order valence-corrected chi connectivity index (χ0v) is 16.8. The predicted molar refractivity (Wildman–Crippen MR) is 115 cm³/mol. The number of amides is 1. The van der Waals surface area contributed by atoms with Gasteiger partial charge >= 0.3 is 5.69 Å². The number of phenols is 1. The van der Waals surface area contributed by atoms with Gasteiger partial charge in [-0.25, -0.2) is 0 Å². The Morgan fingerprint density at radius 3 is 2.55 bits per heavy atom. The van der Waals surface area contributed by atoms with Gasteiger partial charge in [0, 0.05) is 23.9 Å². The van der Waals surface area contributed by atoms with Crippen molar-refractivity contribution in [3.63, 3.8) is 0 Å². The van der Waals surface area contributed by atoms with E-state index in [1.807, 2.05) is 36.4 Å². The minimum absolute atomic E-state index is 0.0275. The number of carbonyl (C=O) groups excluding carboxylic acids is 1. The Morgan fingerprint density at radius 2 is 1.84 bits per heavy atom. The van der Waals surface area contributed by atoms with Crippen LogP contribution in [-0.4, -0.2) is 34.5 Å². The molecule has 8 nitrogen and oxygen atoms in total. The van der Waals surface area contributed by atoms with E-state index in [-0.39, 0.29) is 11.7 Å². The second kappa shape index (κ2) is 8.35. The number of para-hydroxylation sites is 1. The Hall–Kier alpha value is -4.07. The monoisotopic (exact) mass is 419 g/mol. The number of carbonyl (C=O) groups is 1. The zero-order valence-electron chi connectivity index (χ0n) is 16.8. The van der Waals surface area contributed by atoms with Crippen LogP contribution in [-0.2, 0) is 6.42 Å². The van der Waals surface area contributed by atoms with Gasteiger partial charge in [0.25, 0.3) is 5.91 Å². The van der Waals surface area contributed by atoms with E-state index in [9.17, 15) is 20.0 Å². The lowest BCUT2D eigenvalue weighted by molar-refractivity contribution is -0.386. The summed E-state index contributed by atoms with van der Waals surface area (Å²) in [5.74, 6) is -0.750. The molecule has 1 amide bonds. The number of hydrogen-bond acceptors (Lipinski definition) is 6. The molecule has 1 aliphatic heterocycles. The second-order valence-electron chi connectivity index (χ2n) is 7.17. The molecule has 0 unspecified atom stereocenters. The molecule has 31 heavy (non-hydrogen) atoms. The fraction of sp³-hybridized carbons (Fsp3) is 0.174. The van der Waals surface area contributed by atoms with Crippen LogP contribution in [0.3, 0.4) is 0 Å². The molecule has 0 aliphatic carbocycles. The summed E-state index contributed by atoms with van der Waals surface area (Å²) in [4.78, 5) is 25.8. The van der Waals surface area contributed by atoms with Crippen molar-refractivity contribution in [3.8, 4) is 11.5 Å². The molecule has 0 radical (unpaired) electrons. The van der Waals surface area contributed by atoms with E-state index >= 15 is 0 Å². The maximum absolute atomic E-state index is 13.3. The molecule has 1 heterocycles. The average molecular weight is 419 g/mol. The predicted octanol–water partition coefficient (Wildman–Crippen LogP) is 4.12. The molecular weight excluding hydrogens is 398 g/mol. The highest BCUT2D eigenvalue weighted by atomic mass is 16.6. The van der Waals surface area contributed by atoms with Crippen LogP contribution in [0.4, 0.5) is 11.4 Å². The Labute approximate surface area is 178 Å². The Morgan fingerprint density at radius 1 is 1.13 bits per heavy atom. The Kier molecular flexibility index (Phi) is 5.44. The molecule has 1 aliphatic rings. The molecule has 0 fully saturated rings. The van der Waals surface area contributed by atoms with E-state index in [0.29, 0.717) is 29.8 Å². The summed E-state index contributed by atoms with van der Waals surface area (Å²) in [5, 5.41) is 24.9. The van der Waals surface area contributed by atoms with Crippen LogP contribution in [0.2, 0.25) is 0 Å². The van der Waals surface area contributed by atoms with E-state index in [1.165, 1.54) is 19.2 Å². The lowest BCUT2D eigenvalue weighted by atomic mass is 10.0. The summed E-state index contributed by atoms with van der Waals surface area (Å²) in [6.45, 7) is 0.395. The fourth-order valence-electron chi connectivity index (χ4n) is 3.75. The van der Waals surface area contributed by atoms with E-state index in [1.54, 1.807) is 23.1 Å². The summed E-state index contributed by atoms with van der Waals surface area (Å²) >= 11 is 0. The highest BCUT2D eigenvalue weighted by molar-refractivity contribution is 6.01. The number of anilines is 1. The number of phenolic OH excluding ortho intramolecular Hbond substituents is 1. The summed E-state index contributed by atoms with van der Waals surface area (Å²) in [6.07, 6.45) is -0.0520. The standard InChI is InChI=1S/C23H21N3O5/c1-31-20-14-16(13-19(21(20)27)26(29)30)22-24-18-10-6-5-9-17(18)23(28)25(22)12-11-15-7-3-2-4-8-15/h2-10,13-14,22,24,27H,11-12H2,1H3/t22-/m0/s1. The number of nitro groups is 1. The molecule has 3 aromatic carbocycles. The van der Waals surface area contributed by atoms with Gasteiger partial charge in [-0.2, -0.15) is 0 Å². The topological polar surface area (TPSA) is 105 Å². The number of aromatic hydroxyl groups is 1. The van der Waals surface area contributed by atoms with Crippen molar-refractivity contribution in [2.45, 2.75) is 12.6 Å². The van der Waals surface area contributed by atoms with Crippen LogP contribution >= 0.6 is 0 Å². The highest BCUT2D eigenvalue weighted by Crippen LogP contribution is 2.41. The van der Waals surface area contributed by atoms with Gasteiger partial charge in [-0.05, 0) is 30.2 Å². The SMILES string of the molecule is COc1cc([C@H]2Nc3ccccc3C(=O)N2CCc2ccccc2)cc([N+](=O)[O-])c1O. The number of rotatable bonds is 6. The average Bonchev–Trinajstić information content (AvgIpc) is 2.79. The van der Waals surface area contributed by atoms with E-state index in [0.717, 1.165) is 5.56 Å². The highest BCUT2D eigenvalue weighted by Gasteiger charge is 2.34. The fourth-order valence-corrected chi connectivity index (χ4v) is 3.75. The van der Waals surface area contributed by atoms with Crippen LogP contribution in [0.25, 0.3) is 0 Å². The first-order chi connectivity index (χ1) is 15.0. The molecule has 4 rings (SSSR count). The molecule has 1 atom stereocenters. The number of fused-ring (bicyclic) bond motifs is 1. The van der Waals surface area contributed by atoms with Gasteiger partial charge in [0.15, 0.2) is 5.75 Å². The smallest absolute Gasteiger partial charge is 0.315 e. The Balaban J connectivity index is 1.77. The number of ether oxygens (including phenoxy) is 1. The maximum Gasteiger partial charge on any atom is 0.315 e. The van der Waals surface area contributed by atoms with Gasteiger partial charge < -0.3 is 20.1 Å². The molecule has 2 N–H and O–H groups in total. The van der Waals surface area contributed by atoms with E-state index < -0.39 is 22.5 Å². The van der Waals surface area contributed by atoms with Gasteiger partial charge in [0.05, 0.1) is 17.6 Å². The third kappa shape index (κ3) is 3.87. The van der Waals surface area contributed by atoms with E-state index in [4.69, 9.17) is 4.74 Å². The van der Waals surface area contributed by atoms with Gasteiger partial charge in [-0.3, -0.25) is 14.9 Å². The number of methoxy groups -OCH3 is 1. The normalized spacial score (nSPS) is 15.2. The maximum atomic E-state index is 13.3. The molecule has 0 aromatic heterocycles. The van der Waals surface area contributed by atoms with Crippen molar-refractivity contribution in [3.05, 3.63) is 93.5 Å². The van der Waals surface area contributed by atoms with Gasteiger partial charge in [-0.1, -0.05) is 42.5 Å². The molecule has 0 bridgehead atoms. The summed E-state index contributed by atoms with van der Waals surface area (Å²) < 4.78 is 5.14. The summed E-state index contributed by atoms with van der Waals surface area (Å²) in [5.41, 5.74) is 2.21.